The molecule has 100 valence electrons. The minimum atomic E-state index is -0.401. The Bertz CT molecular complexity index is 575. The fourth-order valence-electron chi connectivity index (χ4n) is 1.31. The molecule has 8 heteroatoms. The van der Waals surface area contributed by atoms with Gasteiger partial charge < -0.3 is 10.1 Å². The SMILES string of the molecule is COCc1nnc(NC(=O)Nc2cccc(Cl)c2)s1. The zero-order valence-electron chi connectivity index (χ0n) is 10.0. The molecule has 1 heterocycles. The second-order valence-corrected chi connectivity index (χ2v) is 5.02. The number of benzene rings is 1. The van der Waals surface area contributed by atoms with Gasteiger partial charge in [-0.1, -0.05) is 29.0 Å². The Hall–Kier alpha value is -1.70. The van der Waals surface area contributed by atoms with Crippen LogP contribution in [-0.4, -0.2) is 23.3 Å². The van der Waals surface area contributed by atoms with E-state index >= 15 is 0 Å². The number of aromatic nitrogens is 2. The number of nitrogens with one attached hydrogen (secondary N) is 2. The van der Waals surface area contributed by atoms with Crippen LogP contribution in [0.3, 0.4) is 0 Å². The molecule has 2 aromatic rings. The van der Waals surface area contributed by atoms with E-state index in [1.807, 2.05) is 0 Å². The van der Waals surface area contributed by atoms with Gasteiger partial charge in [0.25, 0.3) is 0 Å². The summed E-state index contributed by atoms with van der Waals surface area (Å²) in [6.45, 7) is 0.370. The standard InChI is InChI=1S/C11H11ClN4O2S/c1-18-6-9-15-16-11(19-9)14-10(17)13-8-4-2-3-7(12)5-8/h2-5H,6H2,1H3,(H2,13,14,16,17). The molecular weight excluding hydrogens is 288 g/mol. The third-order valence-corrected chi connectivity index (χ3v) is 3.08. The summed E-state index contributed by atoms with van der Waals surface area (Å²) in [5, 5.41) is 14.6. The van der Waals surface area contributed by atoms with Gasteiger partial charge in [-0.05, 0) is 18.2 Å². The van der Waals surface area contributed by atoms with Crippen LogP contribution in [0.25, 0.3) is 0 Å². The number of rotatable bonds is 4. The Morgan fingerprint density at radius 2 is 2.26 bits per heavy atom. The molecule has 0 radical (unpaired) electrons. The normalized spacial score (nSPS) is 10.2. The van der Waals surface area contributed by atoms with Crippen LogP contribution in [0.5, 0.6) is 0 Å². The number of urea groups is 1. The van der Waals surface area contributed by atoms with Crippen molar-refractivity contribution in [1.29, 1.82) is 0 Å². The van der Waals surface area contributed by atoms with Gasteiger partial charge >= 0.3 is 6.03 Å². The molecule has 0 aliphatic carbocycles. The summed E-state index contributed by atoms with van der Waals surface area (Å²) < 4.78 is 4.92. The lowest BCUT2D eigenvalue weighted by Crippen LogP contribution is -2.19. The van der Waals surface area contributed by atoms with Gasteiger partial charge in [-0.15, -0.1) is 10.2 Å². The highest BCUT2D eigenvalue weighted by Crippen LogP contribution is 2.17. The fraction of sp³-hybridized carbons (Fsp3) is 0.182. The number of nitrogens with zero attached hydrogens (tertiary/aromatic N) is 2. The van der Waals surface area contributed by atoms with Gasteiger partial charge in [0.15, 0.2) is 0 Å². The Morgan fingerprint density at radius 3 is 3.00 bits per heavy atom. The number of ether oxygens (including phenoxy) is 1. The number of carbonyl (C=O) groups excluding carboxylic acids is 1. The molecule has 0 atom stereocenters. The highest BCUT2D eigenvalue weighted by molar-refractivity contribution is 7.15. The topological polar surface area (TPSA) is 76.1 Å². The smallest absolute Gasteiger partial charge is 0.325 e. The lowest BCUT2D eigenvalue weighted by atomic mass is 10.3. The van der Waals surface area contributed by atoms with Gasteiger partial charge in [0.05, 0.1) is 0 Å². The van der Waals surface area contributed by atoms with E-state index < -0.39 is 6.03 Å². The zero-order chi connectivity index (χ0) is 13.7. The van der Waals surface area contributed by atoms with Crippen molar-refractivity contribution < 1.29 is 9.53 Å². The van der Waals surface area contributed by atoms with Crippen LogP contribution in [0.1, 0.15) is 5.01 Å². The molecular formula is C11H11ClN4O2S. The first kappa shape index (κ1) is 13.7. The van der Waals surface area contributed by atoms with E-state index in [4.69, 9.17) is 16.3 Å². The van der Waals surface area contributed by atoms with Crippen LogP contribution >= 0.6 is 22.9 Å². The van der Waals surface area contributed by atoms with Gasteiger partial charge in [-0.2, -0.15) is 0 Å². The average Bonchev–Trinajstić information content (AvgIpc) is 2.77. The number of anilines is 2. The lowest BCUT2D eigenvalue weighted by Gasteiger charge is -2.04. The van der Waals surface area contributed by atoms with Crippen molar-refractivity contribution in [3.8, 4) is 0 Å². The molecule has 2 amide bonds. The first-order valence-corrected chi connectivity index (χ1v) is 6.51. The predicted molar refractivity (Wildman–Crippen MR) is 74.7 cm³/mol. The molecule has 0 saturated carbocycles. The van der Waals surface area contributed by atoms with Crippen LogP contribution in [-0.2, 0) is 11.3 Å². The highest BCUT2D eigenvalue weighted by Gasteiger charge is 2.08. The van der Waals surface area contributed by atoms with E-state index in [1.54, 1.807) is 31.4 Å². The lowest BCUT2D eigenvalue weighted by molar-refractivity contribution is 0.184. The Labute approximate surface area is 118 Å². The number of carbonyl (C=O) groups is 1. The van der Waals surface area contributed by atoms with E-state index in [-0.39, 0.29) is 0 Å². The summed E-state index contributed by atoms with van der Waals surface area (Å²) in [5.41, 5.74) is 0.603. The van der Waals surface area contributed by atoms with E-state index in [0.717, 1.165) is 0 Å². The first-order valence-electron chi connectivity index (χ1n) is 5.32. The highest BCUT2D eigenvalue weighted by atomic mass is 35.5. The van der Waals surface area contributed by atoms with Crippen LogP contribution in [0, 0.1) is 0 Å². The van der Waals surface area contributed by atoms with Gasteiger partial charge in [0.2, 0.25) is 5.13 Å². The van der Waals surface area contributed by atoms with Gasteiger partial charge in [0, 0.05) is 17.8 Å². The first-order chi connectivity index (χ1) is 9.17. The summed E-state index contributed by atoms with van der Waals surface area (Å²) in [4.78, 5) is 11.7. The van der Waals surface area contributed by atoms with Gasteiger partial charge in [-0.3, -0.25) is 5.32 Å². The minimum Gasteiger partial charge on any atom is -0.377 e. The summed E-state index contributed by atoms with van der Waals surface area (Å²) >= 11 is 7.07. The molecule has 0 fully saturated rings. The summed E-state index contributed by atoms with van der Waals surface area (Å²) in [5.74, 6) is 0. The maximum absolute atomic E-state index is 11.7. The molecule has 0 saturated heterocycles. The molecule has 6 nitrogen and oxygen atoms in total. The Kier molecular flexibility index (Phi) is 4.67. The molecule has 2 N–H and O–H groups in total. The molecule has 0 aliphatic heterocycles. The molecule has 0 aliphatic rings. The average molecular weight is 299 g/mol. The molecule has 0 unspecified atom stereocenters. The molecule has 2 rings (SSSR count). The Balaban J connectivity index is 1.93. The number of amides is 2. The summed E-state index contributed by atoms with van der Waals surface area (Å²) in [6, 6.07) is 6.47. The second-order valence-electron chi connectivity index (χ2n) is 3.52. The van der Waals surface area contributed by atoms with Crippen LogP contribution in [0.4, 0.5) is 15.6 Å². The van der Waals surface area contributed by atoms with Gasteiger partial charge in [-0.25, -0.2) is 4.79 Å². The second kappa shape index (κ2) is 6.46. The van der Waals surface area contributed by atoms with Crippen molar-refractivity contribution in [2.24, 2.45) is 0 Å². The number of halogens is 1. The quantitative estimate of drug-likeness (QED) is 0.910. The summed E-state index contributed by atoms with van der Waals surface area (Å²) in [7, 11) is 1.57. The molecule has 19 heavy (non-hydrogen) atoms. The van der Waals surface area contributed by atoms with Crippen molar-refractivity contribution in [3.63, 3.8) is 0 Å². The van der Waals surface area contributed by atoms with Crippen molar-refractivity contribution in [2.75, 3.05) is 17.7 Å². The maximum Gasteiger partial charge on any atom is 0.325 e. The zero-order valence-corrected chi connectivity index (χ0v) is 11.6. The molecule has 0 spiro atoms. The third-order valence-electron chi connectivity index (χ3n) is 2.04. The van der Waals surface area contributed by atoms with Crippen LogP contribution in [0.2, 0.25) is 5.02 Å². The van der Waals surface area contributed by atoms with Crippen molar-refractivity contribution in [1.82, 2.24) is 10.2 Å². The monoisotopic (exact) mass is 298 g/mol. The predicted octanol–water partition coefficient (Wildman–Crippen LogP) is 2.98. The number of methoxy groups -OCH3 is 1. The maximum atomic E-state index is 11.7. The molecule has 1 aromatic carbocycles. The number of hydrogen-bond acceptors (Lipinski definition) is 5. The largest absolute Gasteiger partial charge is 0.377 e. The fourth-order valence-corrected chi connectivity index (χ4v) is 2.21. The van der Waals surface area contributed by atoms with E-state index in [2.05, 4.69) is 20.8 Å². The van der Waals surface area contributed by atoms with E-state index in [0.29, 0.717) is 27.5 Å². The molecule has 1 aromatic heterocycles. The minimum absolute atomic E-state index is 0.370. The summed E-state index contributed by atoms with van der Waals surface area (Å²) in [6.07, 6.45) is 0. The van der Waals surface area contributed by atoms with Crippen molar-refractivity contribution >= 4 is 39.8 Å². The van der Waals surface area contributed by atoms with Gasteiger partial charge in [0.1, 0.15) is 11.6 Å². The molecule has 0 bridgehead atoms. The van der Waals surface area contributed by atoms with E-state index in [1.165, 1.54) is 11.3 Å². The Morgan fingerprint density at radius 1 is 1.42 bits per heavy atom. The van der Waals surface area contributed by atoms with Crippen molar-refractivity contribution in [3.05, 3.63) is 34.3 Å². The van der Waals surface area contributed by atoms with Crippen molar-refractivity contribution in [2.45, 2.75) is 6.61 Å². The number of hydrogen-bond donors (Lipinski definition) is 2. The van der Waals surface area contributed by atoms with E-state index in [9.17, 15) is 4.79 Å². The van der Waals surface area contributed by atoms with Crippen LogP contribution < -0.4 is 10.6 Å². The third kappa shape index (κ3) is 4.16. The van der Waals surface area contributed by atoms with Crippen LogP contribution in [0.15, 0.2) is 24.3 Å².